The fourth-order valence-corrected chi connectivity index (χ4v) is 1.29. The molecule has 2 N–H and O–H groups in total. The van der Waals surface area contributed by atoms with E-state index in [0.29, 0.717) is 6.54 Å². The van der Waals surface area contributed by atoms with Crippen LogP contribution in [0, 0.1) is 6.92 Å². The first-order chi connectivity index (χ1) is 7.03. The van der Waals surface area contributed by atoms with Crippen LogP contribution in [0.15, 0.2) is 24.3 Å². The Bertz CT molecular complexity index is 293. The summed E-state index contributed by atoms with van der Waals surface area (Å²) in [6.07, 6.45) is 0. The van der Waals surface area contributed by atoms with Crippen molar-refractivity contribution in [1.82, 2.24) is 5.32 Å². The van der Waals surface area contributed by atoms with Crippen LogP contribution in [0.3, 0.4) is 0 Å². The van der Waals surface area contributed by atoms with Crippen LogP contribution in [0.25, 0.3) is 0 Å². The zero-order chi connectivity index (χ0) is 11.3. The van der Waals surface area contributed by atoms with Crippen LogP contribution in [-0.4, -0.2) is 24.0 Å². The molecule has 0 fully saturated rings. The summed E-state index contributed by atoms with van der Waals surface area (Å²) in [5, 5.41) is 11.8. The third-order valence-electron chi connectivity index (χ3n) is 2.06. The number of hydrogen-bond acceptors (Lipinski definition) is 3. The molecular weight excluding hydrogens is 190 g/mol. The molecule has 0 spiro atoms. The van der Waals surface area contributed by atoms with Crippen molar-refractivity contribution in [3.8, 4) is 5.75 Å². The van der Waals surface area contributed by atoms with Gasteiger partial charge >= 0.3 is 0 Å². The first-order valence-electron chi connectivity index (χ1n) is 5.15. The Labute approximate surface area is 91.1 Å². The number of ether oxygens (including phenoxy) is 1. The molecule has 1 rings (SSSR count). The van der Waals surface area contributed by atoms with Crippen molar-refractivity contribution in [2.45, 2.75) is 26.5 Å². The molecule has 0 unspecified atom stereocenters. The summed E-state index contributed by atoms with van der Waals surface area (Å²) in [4.78, 5) is 0. The highest BCUT2D eigenvalue weighted by molar-refractivity contribution is 5.26. The number of benzene rings is 1. The number of aliphatic hydroxyl groups is 1. The molecule has 0 atom stereocenters. The van der Waals surface area contributed by atoms with Gasteiger partial charge < -0.3 is 9.84 Å². The van der Waals surface area contributed by atoms with Gasteiger partial charge in [-0.1, -0.05) is 17.7 Å². The maximum absolute atomic E-state index is 8.71. The van der Waals surface area contributed by atoms with Crippen molar-refractivity contribution >= 4 is 0 Å². The van der Waals surface area contributed by atoms with E-state index in [1.54, 1.807) is 0 Å². The molecule has 0 aliphatic heterocycles. The summed E-state index contributed by atoms with van der Waals surface area (Å²) in [5.41, 5.74) is 0.751. The molecule has 1 aromatic rings. The van der Waals surface area contributed by atoms with Crippen LogP contribution in [0.2, 0.25) is 0 Å². The molecular formula is C12H19NO2. The molecule has 0 aromatic heterocycles. The van der Waals surface area contributed by atoms with Crippen LogP contribution in [0.1, 0.15) is 19.4 Å². The van der Waals surface area contributed by atoms with Gasteiger partial charge in [0.25, 0.3) is 0 Å². The molecule has 0 radical (unpaired) electrons. The molecule has 0 amide bonds. The number of nitrogens with one attached hydrogen (secondary N) is 1. The fourth-order valence-electron chi connectivity index (χ4n) is 1.29. The van der Waals surface area contributed by atoms with Crippen molar-refractivity contribution in [2.75, 3.05) is 13.2 Å². The summed E-state index contributed by atoms with van der Waals surface area (Å²) in [6.45, 7) is 6.55. The van der Waals surface area contributed by atoms with Crippen LogP contribution < -0.4 is 10.1 Å². The first-order valence-corrected chi connectivity index (χ1v) is 5.15. The Morgan fingerprint density at radius 2 is 1.87 bits per heavy atom. The highest BCUT2D eigenvalue weighted by Crippen LogP contribution is 2.16. The van der Waals surface area contributed by atoms with Gasteiger partial charge in [-0.15, -0.1) is 0 Å². The van der Waals surface area contributed by atoms with E-state index in [-0.39, 0.29) is 6.61 Å². The lowest BCUT2D eigenvalue weighted by Gasteiger charge is -2.27. The summed E-state index contributed by atoms with van der Waals surface area (Å²) in [6, 6.07) is 7.91. The highest BCUT2D eigenvalue weighted by atomic mass is 16.5. The predicted octanol–water partition coefficient (Wildman–Crippen LogP) is 1.69. The van der Waals surface area contributed by atoms with Gasteiger partial charge in [0.2, 0.25) is 0 Å². The SMILES string of the molecule is Cc1ccc(OC(C)(C)NCCO)cc1. The molecule has 0 heterocycles. The minimum atomic E-state index is -0.460. The van der Waals surface area contributed by atoms with Gasteiger partial charge in [0.15, 0.2) is 5.72 Å². The number of aliphatic hydroxyl groups excluding tert-OH is 1. The van der Waals surface area contributed by atoms with E-state index in [0.717, 1.165) is 5.75 Å². The lowest BCUT2D eigenvalue weighted by Crippen LogP contribution is -2.45. The number of aryl methyl sites for hydroxylation is 1. The van der Waals surface area contributed by atoms with Gasteiger partial charge in [0.05, 0.1) is 6.61 Å². The van der Waals surface area contributed by atoms with Gasteiger partial charge in [0, 0.05) is 6.54 Å². The first kappa shape index (κ1) is 12.0. The largest absolute Gasteiger partial charge is 0.473 e. The monoisotopic (exact) mass is 209 g/mol. The van der Waals surface area contributed by atoms with Crippen molar-refractivity contribution < 1.29 is 9.84 Å². The van der Waals surface area contributed by atoms with E-state index in [9.17, 15) is 0 Å². The molecule has 0 bridgehead atoms. The van der Waals surface area contributed by atoms with E-state index in [1.807, 2.05) is 45.0 Å². The maximum Gasteiger partial charge on any atom is 0.155 e. The smallest absolute Gasteiger partial charge is 0.155 e. The Morgan fingerprint density at radius 3 is 2.40 bits per heavy atom. The lowest BCUT2D eigenvalue weighted by atomic mass is 10.2. The zero-order valence-electron chi connectivity index (χ0n) is 9.58. The zero-order valence-corrected chi connectivity index (χ0v) is 9.58. The number of rotatable bonds is 5. The summed E-state index contributed by atoms with van der Waals surface area (Å²) in [5.74, 6) is 0.830. The normalized spacial score (nSPS) is 11.5. The Balaban J connectivity index is 2.56. The average molecular weight is 209 g/mol. The Kier molecular flexibility index (Phi) is 4.12. The van der Waals surface area contributed by atoms with E-state index >= 15 is 0 Å². The molecule has 0 saturated heterocycles. The fraction of sp³-hybridized carbons (Fsp3) is 0.500. The second kappa shape index (κ2) is 5.14. The van der Waals surface area contributed by atoms with Crippen molar-refractivity contribution in [1.29, 1.82) is 0 Å². The molecule has 0 aliphatic rings. The third kappa shape index (κ3) is 4.32. The van der Waals surface area contributed by atoms with E-state index in [1.165, 1.54) is 5.56 Å². The van der Waals surface area contributed by atoms with Gasteiger partial charge in [-0.25, -0.2) is 0 Å². The van der Waals surface area contributed by atoms with Crippen molar-refractivity contribution in [3.63, 3.8) is 0 Å². The maximum atomic E-state index is 8.71. The standard InChI is InChI=1S/C12H19NO2/c1-10-4-6-11(7-5-10)15-12(2,3)13-8-9-14/h4-7,13-14H,8-9H2,1-3H3. The highest BCUT2D eigenvalue weighted by Gasteiger charge is 2.17. The van der Waals surface area contributed by atoms with Crippen molar-refractivity contribution in [2.24, 2.45) is 0 Å². The lowest BCUT2D eigenvalue weighted by molar-refractivity contribution is 0.0657. The Hall–Kier alpha value is -1.06. The van der Waals surface area contributed by atoms with Gasteiger partial charge in [-0.3, -0.25) is 5.32 Å². The second-order valence-corrected chi connectivity index (χ2v) is 4.08. The van der Waals surface area contributed by atoms with Crippen LogP contribution in [0.5, 0.6) is 5.75 Å². The van der Waals surface area contributed by atoms with E-state index in [2.05, 4.69) is 5.32 Å². The van der Waals surface area contributed by atoms with Crippen molar-refractivity contribution in [3.05, 3.63) is 29.8 Å². The second-order valence-electron chi connectivity index (χ2n) is 4.08. The topological polar surface area (TPSA) is 41.5 Å². The molecule has 1 aromatic carbocycles. The molecule has 3 heteroatoms. The van der Waals surface area contributed by atoms with Crippen LogP contribution >= 0.6 is 0 Å². The summed E-state index contributed by atoms with van der Waals surface area (Å²) < 4.78 is 5.74. The number of hydrogen-bond donors (Lipinski definition) is 2. The quantitative estimate of drug-likeness (QED) is 0.725. The van der Waals surface area contributed by atoms with Gasteiger partial charge in [-0.2, -0.15) is 0 Å². The van der Waals surface area contributed by atoms with E-state index < -0.39 is 5.72 Å². The molecule has 3 nitrogen and oxygen atoms in total. The molecule has 15 heavy (non-hydrogen) atoms. The minimum absolute atomic E-state index is 0.112. The summed E-state index contributed by atoms with van der Waals surface area (Å²) in [7, 11) is 0. The molecule has 0 saturated carbocycles. The Morgan fingerprint density at radius 1 is 1.27 bits per heavy atom. The van der Waals surface area contributed by atoms with Gasteiger partial charge in [0.1, 0.15) is 5.75 Å². The third-order valence-corrected chi connectivity index (χ3v) is 2.06. The summed E-state index contributed by atoms with van der Waals surface area (Å²) >= 11 is 0. The predicted molar refractivity (Wildman–Crippen MR) is 61.0 cm³/mol. The van der Waals surface area contributed by atoms with E-state index in [4.69, 9.17) is 9.84 Å². The molecule has 0 aliphatic carbocycles. The average Bonchev–Trinajstić information content (AvgIpc) is 2.18. The molecule has 84 valence electrons. The van der Waals surface area contributed by atoms with Gasteiger partial charge in [-0.05, 0) is 32.9 Å². The minimum Gasteiger partial charge on any atom is -0.473 e. The van der Waals surface area contributed by atoms with Crippen LogP contribution in [-0.2, 0) is 0 Å². The van der Waals surface area contributed by atoms with Crippen LogP contribution in [0.4, 0.5) is 0 Å².